The summed E-state index contributed by atoms with van der Waals surface area (Å²) in [5.74, 6) is 0.0775. The number of fused-ring (bicyclic) bond motifs is 1. The van der Waals surface area contributed by atoms with Crippen LogP contribution in [-0.2, 0) is 0 Å². The van der Waals surface area contributed by atoms with Gasteiger partial charge in [0, 0.05) is 22.7 Å². The highest BCUT2D eigenvalue weighted by atomic mass is 35.5. The van der Waals surface area contributed by atoms with E-state index < -0.39 is 0 Å². The van der Waals surface area contributed by atoms with E-state index in [1.165, 1.54) is 0 Å². The molecule has 2 heterocycles. The summed E-state index contributed by atoms with van der Waals surface area (Å²) in [5.41, 5.74) is 3.49. The average Bonchev–Trinajstić information content (AvgIpc) is 3.21. The quantitative estimate of drug-likeness (QED) is 0.668. The number of carbonyl (C=O) groups is 1. The summed E-state index contributed by atoms with van der Waals surface area (Å²) in [4.78, 5) is 14.9. The third kappa shape index (κ3) is 2.98. The van der Waals surface area contributed by atoms with Crippen molar-refractivity contribution in [1.82, 2.24) is 15.1 Å². The zero-order valence-electron chi connectivity index (χ0n) is 14.9. The number of unbranched alkanes of at least 4 members (excludes halogenated alkanes) is 1. The molecule has 5 nitrogen and oxygen atoms in total. The van der Waals surface area contributed by atoms with Crippen LogP contribution in [-0.4, -0.2) is 32.7 Å². The lowest BCUT2D eigenvalue weighted by Crippen LogP contribution is -2.30. The Morgan fingerprint density at radius 3 is 2.63 bits per heavy atom. The number of amides is 1. The van der Waals surface area contributed by atoms with Crippen molar-refractivity contribution >= 4 is 17.5 Å². The van der Waals surface area contributed by atoms with Crippen molar-refractivity contribution in [3.63, 3.8) is 0 Å². The Bertz CT molecular complexity index is 981. The second-order valence-electron chi connectivity index (χ2n) is 6.68. The smallest absolute Gasteiger partial charge is 0.273 e. The van der Waals surface area contributed by atoms with Gasteiger partial charge in [0.2, 0.25) is 0 Å². The van der Waals surface area contributed by atoms with E-state index in [-0.39, 0.29) is 17.7 Å². The third-order valence-corrected chi connectivity index (χ3v) is 5.21. The van der Waals surface area contributed by atoms with E-state index in [9.17, 15) is 9.90 Å². The first kappa shape index (κ1) is 17.6. The summed E-state index contributed by atoms with van der Waals surface area (Å²) in [6.07, 6.45) is 1.91. The molecule has 6 heteroatoms. The number of rotatable bonds is 5. The highest BCUT2D eigenvalue weighted by Crippen LogP contribution is 2.44. The zero-order chi connectivity index (χ0) is 19.0. The molecule has 0 bridgehead atoms. The van der Waals surface area contributed by atoms with Gasteiger partial charge >= 0.3 is 0 Å². The number of aromatic amines is 1. The summed E-state index contributed by atoms with van der Waals surface area (Å²) in [6, 6.07) is 14.3. The molecular weight excluding hydrogens is 362 g/mol. The maximum Gasteiger partial charge on any atom is 0.273 e. The van der Waals surface area contributed by atoms with Crippen molar-refractivity contribution in [3.05, 3.63) is 70.4 Å². The van der Waals surface area contributed by atoms with Crippen molar-refractivity contribution < 1.29 is 9.90 Å². The molecule has 2 aromatic carbocycles. The summed E-state index contributed by atoms with van der Waals surface area (Å²) >= 11 is 6.06. The Kier molecular flexibility index (Phi) is 4.62. The number of hydrogen-bond donors (Lipinski definition) is 2. The van der Waals surface area contributed by atoms with E-state index in [1.807, 2.05) is 41.3 Å². The lowest BCUT2D eigenvalue weighted by atomic mass is 9.95. The van der Waals surface area contributed by atoms with Crippen LogP contribution in [0.5, 0.6) is 5.75 Å². The van der Waals surface area contributed by atoms with E-state index in [0.717, 1.165) is 24.0 Å². The number of nitrogens with zero attached hydrogens (tertiary/aromatic N) is 2. The molecule has 0 aliphatic carbocycles. The number of aromatic hydroxyl groups is 1. The SMILES string of the molecule is CCCCN1C(=O)c2[nH]nc(-c3ccccc3O)c2[C@@H]1c1ccc(Cl)cc1. The molecule has 1 atom stereocenters. The van der Waals surface area contributed by atoms with Gasteiger partial charge in [-0.05, 0) is 36.2 Å². The highest BCUT2D eigenvalue weighted by molar-refractivity contribution is 6.30. The Morgan fingerprint density at radius 2 is 1.93 bits per heavy atom. The molecule has 0 radical (unpaired) electrons. The van der Waals surface area contributed by atoms with Gasteiger partial charge in [-0.25, -0.2) is 0 Å². The van der Waals surface area contributed by atoms with Gasteiger partial charge in [-0.2, -0.15) is 5.10 Å². The number of aromatic nitrogens is 2. The van der Waals surface area contributed by atoms with Crippen molar-refractivity contribution in [1.29, 1.82) is 0 Å². The lowest BCUT2D eigenvalue weighted by molar-refractivity contribution is 0.0741. The van der Waals surface area contributed by atoms with Gasteiger partial charge in [0.05, 0.1) is 6.04 Å². The van der Waals surface area contributed by atoms with E-state index in [0.29, 0.717) is 28.5 Å². The average molecular weight is 382 g/mol. The van der Waals surface area contributed by atoms with Crippen LogP contribution < -0.4 is 0 Å². The van der Waals surface area contributed by atoms with Crippen LogP contribution in [0.15, 0.2) is 48.5 Å². The lowest BCUT2D eigenvalue weighted by Gasteiger charge is -2.26. The second kappa shape index (κ2) is 7.08. The molecular formula is C21H20ClN3O2. The van der Waals surface area contributed by atoms with Gasteiger partial charge in [0.25, 0.3) is 5.91 Å². The molecule has 3 aromatic rings. The molecule has 1 aliphatic rings. The molecule has 4 rings (SSSR count). The first-order chi connectivity index (χ1) is 13.1. The zero-order valence-corrected chi connectivity index (χ0v) is 15.7. The maximum absolute atomic E-state index is 13.0. The van der Waals surface area contributed by atoms with Crippen molar-refractivity contribution in [2.24, 2.45) is 0 Å². The predicted molar refractivity (Wildman–Crippen MR) is 105 cm³/mol. The molecule has 0 saturated heterocycles. The fourth-order valence-electron chi connectivity index (χ4n) is 3.63. The fraction of sp³-hybridized carbons (Fsp3) is 0.238. The van der Waals surface area contributed by atoms with E-state index in [2.05, 4.69) is 17.1 Å². The van der Waals surface area contributed by atoms with Crippen LogP contribution in [0.3, 0.4) is 0 Å². The molecule has 0 saturated carbocycles. The standard InChI is InChI=1S/C21H20ClN3O2/c1-2-3-12-25-20(13-8-10-14(22)11-9-13)17-18(23-24-19(17)21(25)27)15-6-4-5-7-16(15)26/h4-11,20,26H,2-3,12H2,1H3,(H,23,24)/t20-/m0/s1. The molecule has 27 heavy (non-hydrogen) atoms. The minimum Gasteiger partial charge on any atom is -0.507 e. The Labute approximate surface area is 162 Å². The summed E-state index contributed by atoms with van der Waals surface area (Å²) in [6.45, 7) is 2.76. The highest BCUT2D eigenvalue weighted by Gasteiger charge is 2.42. The molecule has 2 N–H and O–H groups in total. The first-order valence-electron chi connectivity index (χ1n) is 9.05. The normalized spacial score (nSPS) is 16.0. The van der Waals surface area contributed by atoms with Crippen molar-refractivity contribution in [3.8, 4) is 17.0 Å². The van der Waals surface area contributed by atoms with E-state index in [4.69, 9.17) is 11.6 Å². The maximum atomic E-state index is 13.0. The van der Waals surface area contributed by atoms with Crippen LogP contribution in [0.25, 0.3) is 11.3 Å². The van der Waals surface area contributed by atoms with E-state index in [1.54, 1.807) is 12.1 Å². The molecule has 0 spiro atoms. The Morgan fingerprint density at radius 1 is 1.19 bits per heavy atom. The van der Waals surface area contributed by atoms with Crippen LogP contribution in [0.4, 0.5) is 0 Å². The largest absolute Gasteiger partial charge is 0.507 e. The first-order valence-corrected chi connectivity index (χ1v) is 9.42. The van der Waals surface area contributed by atoms with E-state index >= 15 is 0 Å². The van der Waals surface area contributed by atoms with Crippen molar-refractivity contribution in [2.45, 2.75) is 25.8 Å². The predicted octanol–water partition coefficient (Wildman–Crippen LogP) is 4.78. The van der Waals surface area contributed by atoms with Gasteiger partial charge in [-0.1, -0.05) is 49.2 Å². The number of phenols is 1. The number of nitrogens with one attached hydrogen (secondary N) is 1. The topological polar surface area (TPSA) is 69.2 Å². The number of H-pyrrole nitrogens is 1. The number of carbonyl (C=O) groups excluding carboxylic acids is 1. The fourth-order valence-corrected chi connectivity index (χ4v) is 3.75. The summed E-state index contributed by atoms with van der Waals surface area (Å²) in [5, 5.41) is 18.2. The Hall–Kier alpha value is -2.79. The minimum absolute atomic E-state index is 0.0624. The molecule has 1 amide bonds. The van der Waals surface area contributed by atoms with Crippen LogP contribution in [0.1, 0.15) is 47.4 Å². The number of hydrogen-bond acceptors (Lipinski definition) is 3. The number of phenolic OH excluding ortho intramolecular Hbond substituents is 1. The summed E-state index contributed by atoms with van der Waals surface area (Å²) in [7, 11) is 0. The van der Waals surface area contributed by atoms with Gasteiger partial charge < -0.3 is 10.0 Å². The minimum atomic E-state index is -0.260. The third-order valence-electron chi connectivity index (χ3n) is 4.96. The monoisotopic (exact) mass is 381 g/mol. The molecule has 0 unspecified atom stereocenters. The van der Waals surface area contributed by atoms with Gasteiger partial charge in [0.15, 0.2) is 0 Å². The van der Waals surface area contributed by atoms with Crippen LogP contribution in [0, 0.1) is 0 Å². The molecule has 1 aliphatic heterocycles. The van der Waals surface area contributed by atoms with Crippen LogP contribution >= 0.6 is 11.6 Å². The summed E-state index contributed by atoms with van der Waals surface area (Å²) < 4.78 is 0. The number of benzene rings is 2. The van der Waals surface area contributed by atoms with Gasteiger partial charge in [0.1, 0.15) is 17.1 Å². The second-order valence-corrected chi connectivity index (χ2v) is 7.12. The molecule has 138 valence electrons. The van der Waals surface area contributed by atoms with Gasteiger partial charge in [-0.3, -0.25) is 9.89 Å². The molecule has 0 fully saturated rings. The number of halogens is 1. The molecule has 1 aromatic heterocycles. The Balaban J connectivity index is 1.88. The van der Waals surface area contributed by atoms with Crippen LogP contribution in [0.2, 0.25) is 5.02 Å². The van der Waals surface area contributed by atoms with Crippen molar-refractivity contribution in [2.75, 3.05) is 6.54 Å². The van der Waals surface area contributed by atoms with Gasteiger partial charge in [-0.15, -0.1) is 0 Å². The number of para-hydroxylation sites is 1.